The summed E-state index contributed by atoms with van der Waals surface area (Å²) in [4.78, 5) is 34.8. The SMILES string of the molecule is O=C(c1cc(-c2ccccc2Cl)no1)N1CCN2C(=O)c3ccncc3C12c1ccc(Cl)cc1. The van der Waals surface area contributed by atoms with Crippen molar-refractivity contribution >= 4 is 35.0 Å². The lowest BCUT2D eigenvalue weighted by molar-refractivity contribution is 0.0349. The van der Waals surface area contributed by atoms with Gasteiger partial charge in [-0.25, -0.2) is 0 Å². The van der Waals surface area contributed by atoms with Crippen molar-refractivity contribution in [2.45, 2.75) is 5.66 Å². The number of hydrogen-bond donors (Lipinski definition) is 0. The third-order valence-electron chi connectivity index (χ3n) is 6.36. The van der Waals surface area contributed by atoms with Crippen LogP contribution in [0.1, 0.15) is 32.0 Å². The number of nitrogens with zero attached hydrogens (tertiary/aromatic N) is 4. The van der Waals surface area contributed by atoms with Gasteiger partial charge in [0.15, 0.2) is 5.66 Å². The number of benzene rings is 2. The second kappa shape index (κ2) is 7.68. The fraction of sp³-hybridized carbons (Fsp3) is 0.120. The number of pyridine rings is 1. The van der Waals surface area contributed by atoms with Crippen molar-refractivity contribution in [2.75, 3.05) is 13.1 Å². The van der Waals surface area contributed by atoms with Crippen molar-refractivity contribution in [1.82, 2.24) is 19.9 Å². The van der Waals surface area contributed by atoms with Crippen LogP contribution in [0.4, 0.5) is 0 Å². The Morgan fingerprint density at radius 2 is 1.79 bits per heavy atom. The molecule has 4 aromatic rings. The van der Waals surface area contributed by atoms with Gasteiger partial charge < -0.3 is 14.3 Å². The molecule has 4 heterocycles. The van der Waals surface area contributed by atoms with E-state index in [0.717, 1.165) is 5.56 Å². The van der Waals surface area contributed by atoms with Crippen LogP contribution in [0.25, 0.3) is 11.3 Å². The van der Waals surface area contributed by atoms with E-state index in [1.165, 1.54) is 0 Å². The lowest BCUT2D eigenvalue weighted by atomic mass is 9.91. The zero-order valence-corrected chi connectivity index (χ0v) is 19.1. The summed E-state index contributed by atoms with van der Waals surface area (Å²) in [5.74, 6) is -0.500. The first-order valence-corrected chi connectivity index (χ1v) is 11.3. The van der Waals surface area contributed by atoms with Crippen molar-refractivity contribution in [3.05, 3.63) is 106 Å². The van der Waals surface area contributed by atoms with E-state index in [0.29, 0.717) is 45.5 Å². The Balaban J connectivity index is 1.49. The first-order valence-electron chi connectivity index (χ1n) is 10.6. The Labute approximate surface area is 204 Å². The predicted molar refractivity (Wildman–Crippen MR) is 125 cm³/mol. The summed E-state index contributed by atoms with van der Waals surface area (Å²) in [5, 5.41) is 5.13. The minimum atomic E-state index is -1.17. The molecule has 0 spiro atoms. The molecule has 2 aromatic heterocycles. The summed E-state index contributed by atoms with van der Waals surface area (Å²) in [5.41, 5.74) is 1.83. The first kappa shape index (κ1) is 20.9. The molecule has 34 heavy (non-hydrogen) atoms. The molecule has 6 rings (SSSR count). The van der Waals surface area contributed by atoms with Gasteiger partial charge in [0.05, 0.1) is 10.6 Å². The van der Waals surface area contributed by atoms with E-state index in [1.54, 1.807) is 58.6 Å². The largest absolute Gasteiger partial charge is 0.350 e. The number of halogens is 2. The van der Waals surface area contributed by atoms with Crippen LogP contribution in [0.3, 0.4) is 0 Å². The van der Waals surface area contributed by atoms with E-state index in [2.05, 4.69) is 10.1 Å². The number of hydrogen-bond acceptors (Lipinski definition) is 5. The highest BCUT2D eigenvalue weighted by atomic mass is 35.5. The second-order valence-corrected chi connectivity index (χ2v) is 8.91. The van der Waals surface area contributed by atoms with Crippen LogP contribution in [-0.4, -0.2) is 44.8 Å². The van der Waals surface area contributed by atoms with Gasteiger partial charge in [-0.1, -0.05) is 58.7 Å². The van der Waals surface area contributed by atoms with E-state index in [-0.39, 0.29) is 11.7 Å². The molecule has 0 radical (unpaired) electrons. The van der Waals surface area contributed by atoms with Crippen LogP contribution >= 0.6 is 23.2 Å². The van der Waals surface area contributed by atoms with E-state index in [9.17, 15) is 9.59 Å². The van der Waals surface area contributed by atoms with Crippen LogP contribution in [0, 0.1) is 0 Å². The molecule has 2 aliphatic heterocycles. The number of amides is 2. The summed E-state index contributed by atoms with van der Waals surface area (Å²) in [6.45, 7) is 0.664. The average Bonchev–Trinajstić information content (AvgIpc) is 3.55. The Bertz CT molecular complexity index is 1450. The summed E-state index contributed by atoms with van der Waals surface area (Å²) < 4.78 is 5.47. The van der Waals surface area contributed by atoms with E-state index >= 15 is 0 Å². The third-order valence-corrected chi connectivity index (χ3v) is 6.94. The highest BCUT2D eigenvalue weighted by Gasteiger charge is 2.60. The van der Waals surface area contributed by atoms with Gasteiger partial charge in [-0.3, -0.25) is 14.6 Å². The minimum absolute atomic E-state index is 0.0508. The third kappa shape index (κ3) is 2.84. The van der Waals surface area contributed by atoms with Crippen LogP contribution in [-0.2, 0) is 5.66 Å². The highest BCUT2D eigenvalue weighted by Crippen LogP contribution is 2.50. The van der Waals surface area contributed by atoms with Crippen molar-refractivity contribution in [3.63, 3.8) is 0 Å². The Kier molecular flexibility index (Phi) is 4.72. The molecule has 0 aliphatic carbocycles. The maximum atomic E-state index is 13.9. The van der Waals surface area contributed by atoms with Gasteiger partial charge in [0.2, 0.25) is 5.76 Å². The van der Waals surface area contributed by atoms with Crippen molar-refractivity contribution in [3.8, 4) is 11.3 Å². The molecule has 1 atom stereocenters. The average molecular weight is 491 g/mol. The fourth-order valence-corrected chi connectivity index (χ4v) is 5.27. The highest BCUT2D eigenvalue weighted by molar-refractivity contribution is 6.33. The van der Waals surface area contributed by atoms with Crippen LogP contribution in [0.2, 0.25) is 10.0 Å². The number of fused-ring (bicyclic) bond motifs is 3. The molecule has 2 aliphatic rings. The van der Waals surface area contributed by atoms with Gasteiger partial charge in [0.1, 0.15) is 5.69 Å². The van der Waals surface area contributed by atoms with Gasteiger partial charge in [0.25, 0.3) is 11.8 Å². The summed E-state index contributed by atoms with van der Waals surface area (Å²) in [7, 11) is 0. The molecule has 2 aromatic carbocycles. The van der Waals surface area contributed by atoms with Crippen molar-refractivity contribution in [1.29, 1.82) is 0 Å². The number of rotatable bonds is 3. The zero-order valence-electron chi connectivity index (χ0n) is 17.6. The molecule has 1 fully saturated rings. The maximum absolute atomic E-state index is 13.9. The summed E-state index contributed by atoms with van der Waals surface area (Å²) in [6, 6.07) is 17.6. The minimum Gasteiger partial charge on any atom is -0.350 e. The molecule has 2 amide bonds. The summed E-state index contributed by atoms with van der Waals surface area (Å²) >= 11 is 12.4. The van der Waals surface area contributed by atoms with Gasteiger partial charge in [-0.05, 0) is 24.3 Å². The Hall–Kier alpha value is -3.68. The molecule has 0 bridgehead atoms. The standard InChI is InChI=1S/C25H16Cl2N4O3/c26-16-7-5-15(6-8-16)25-19-14-28-10-9-17(19)23(32)30(25)11-12-31(25)24(33)22-13-21(29-34-22)18-3-1-2-4-20(18)27/h1-10,13-14H,11-12H2. The maximum Gasteiger partial charge on any atom is 0.294 e. The smallest absolute Gasteiger partial charge is 0.294 e. The monoisotopic (exact) mass is 490 g/mol. The molecule has 168 valence electrons. The predicted octanol–water partition coefficient (Wildman–Crippen LogP) is 4.86. The lowest BCUT2D eigenvalue weighted by Gasteiger charge is -2.39. The second-order valence-electron chi connectivity index (χ2n) is 8.07. The van der Waals surface area contributed by atoms with Crippen LogP contribution < -0.4 is 0 Å². The van der Waals surface area contributed by atoms with Crippen molar-refractivity contribution < 1.29 is 14.1 Å². The lowest BCUT2D eigenvalue weighted by Crippen LogP contribution is -2.51. The molecule has 1 saturated heterocycles. The topological polar surface area (TPSA) is 79.5 Å². The van der Waals surface area contributed by atoms with Crippen LogP contribution in [0.15, 0.2) is 77.6 Å². The number of carbonyl (C=O) groups is 2. The summed E-state index contributed by atoms with van der Waals surface area (Å²) in [6.07, 6.45) is 3.22. The number of carbonyl (C=O) groups excluding carboxylic acids is 2. The molecular formula is C25H16Cl2N4O3. The quantitative estimate of drug-likeness (QED) is 0.409. The molecule has 0 N–H and O–H groups in total. The van der Waals surface area contributed by atoms with Gasteiger partial charge in [-0.2, -0.15) is 0 Å². The molecule has 9 heteroatoms. The van der Waals surface area contributed by atoms with E-state index in [1.807, 2.05) is 24.3 Å². The Morgan fingerprint density at radius 3 is 2.59 bits per heavy atom. The molecule has 7 nitrogen and oxygen atoms in total. The van der Waals surface area contributed by atoms with Crippen molar-refractivity contribution in [2.24, 2.45) is 0 Å². The van der Waals surface area contributed by atoms with Crippen LogP contribution in [0.5, 0.6) is 0 Å². The molecular weight excluding hydrogens is 475 g/mol. The Morgan fingerprint density at radius 1 is 1.00 bits per heavy atom. The van der Waals surface area contributed by atoms with Gasteiger partial charge >= 0.3 is 0 Å². The molecule has 0 saturated carbocycles. The van der Waals surface area contributed by atoms with Gasteiger partial charge in [-0.15, -0.1) is 0 Å². The first-order chi connectivity index (χ1) is 16.5. The normalized spacial score (nSPS) is 18.8. The fourth-order valence-electron chi connectivity index (χ4n) is 4.92. The van der Waals surface area contributed by atoms with E-state index < -0.39 is 11.6 Å². The zero-order chi connectivity index (χ0) is 23.4. The van der Waals surface area contributed by atoms with Gasteiger partial charge in [0, 0.05) is 53.3 Å². The molecule has 1 unspecified atom stereocenters. The van der Waals surface area contributed by atoms with E-state index in [4.69, 9.17) is 27.7 Å². The number of aromatic nitrogens is 2.